The van der Waals surface area contributed by atoms with Gasteiger partial charge >= 0.3 is 0 Å². The molecule has 3 heterocycles. The van der Waals surface area contributed by atoms with Crippen molar-refractivity contribution in [2.45, 2.75) is 0 Å². The van der Waals surface area contributed by atoms with Crippen LogP contribution in [-0.4, -0.2) is 4.57 Å². The molecule has 0 N–H and O–H groups in total. The minimum atomic E-state index is 0.924. The quantitative estimate of drug-likeness (QED) is 0.249. The van der Waals surface area contributed by atoms with Crippen LogP contribution in [0, 0.1) is 0 Å². The number of hydrogen-bond acceptors (Lipinski definition) is 2. The first-order valence-electron chi connectivity index (χ1n) is 11.1. The van der Waals surface area contributed by atoms with Crippen molar-refractivity contribution in [3.05, 3.63) is 103 Å². The Kier molecular flexibility index (Phi) is 3.31. The molecule has 3 heteroatoms. The molecule has 0 aliphatic heterocycles. The van der Waals surface area contributed by atoms with Crippen molar-refractivity contribution in [1.82, 2.24) is 4.57 Å². The summed E-state index contributed by atoms with van der Waals surface area (Å²) in [6, 6.07) is 37.0. The Labute approximate surface area is 192 Å². The van der Waals surface area contributed by atoms with E-state index in [4.69, 9.17) is 4.42 Å². The van der Waals surface area contributed by atoms with Crippen LogP contribution < -0.4 is 0 Å². The molecule has 0 spiro atoms. The van der Waals surface area contributed by atoms with E-state index in [0.717, 1.165) is 27.6 Å². The van der Waals surface area contributed by atoms with E-state index in [1.807, 2.05) is 23.5 Å². The first-order chi connectivity index (χ1) is 16.3. The number of rotatable bonds is 1. The summed E-state index contributed by atoms with van der Waals surface area (Å²) in [5, 5.41) is 7.55. The highest BCUT2D eigenvalue weighted by Gasteiger charge is 2.16. The molecule has 0 aliphatic carbocycles. The summed E-state index contributed by atoms with van der Waals surface area (Å²) >= 11 is 1.87. The van der Waals surface area contributed by atoms with E-state index < -0.39 is 0 Å². The lowest BCUT2D eigenvalue weighted by Gasteiger charge is -2.08. The van der Waals surface area contributed by atoms with E-state index in [2.05, 4.69) is 95.6 Å². The monoisotopic (exact) mass is 439 g/mol. The smallest absolute Gasteiger partial charge is 0.135 e. The second-order valence-corrected chi connectivity index (χ2v) is 9.68. The molecule has 5 aromatic carbocycles. The van der Waals surface area contributed by atoms with Crippen molar-refractivity contribution < 1.29 is 4.42 Å². The molecule has 0 amide bonds. The molecule has 2 nitrogen and oxygen atoms in total. The third-order valence-corrected chi connectivity index (χ3v) is 7.92. The van der Waals surface area contributed by atoms with Crippen LogP contribution in [0.3, 0.4) is 0 Å². The Morgan fingerprint density at radius 1 is 0.485 bits per heavy atom. The van der Waals surface area contributed by atoms with E-state index in [0.29, 0.717) is 0 Å². The Balaban J connectivity index is 1.52. The number of nitrogens with zero attached hydrogens (tertiary/aromatic N) is 1. The lowest BCUT2D eigenvalue weighted by atomic mass is 10.1. The van der Waals surface area contributed by atoms with Crippen molar-refractivity contribution in [2.75, 3.05) is 0 Å². The second kappa shape index (κ2) is 6.25. The van der Waals surface area contributed by atoms with Crippen LogP contribution in [-0.2, 0) is 0 Å². The van der Waals surface area contributed by atoms with Crippen LogP contribution in [0.25, 0.3) is 69.6 Å². The Morgan fingerprint density at radius 2 is 1.24 bits per heavy atom. The average Bonchev–Trinajstić information content (AvgIpc) is 3.51. The molecule has 0 bridgehead atoms. The summed E-state index contributed by atoms with van der Waals surface area (Å²) in [4.78, 5) is 0. The van der Waals surface area contributed by atoms with Gasteiger partial charge in [0.25, 0.3) is 0 Å². The van der Waals surface area contributed by atoms with E-state index >= 15 is 0 Å². The highest BCUT2D eigenvalue weighted by Crippen LogP contribution is 2.41. The molecule has 0 atom stereocenters. The lowest BCUT2D eigenvalue weighted by molar-refractivity contribution is 0.669. The molecule has 154 valence electrons. The Morgan fingerprint density at radius 3 is 2.18 bits per heavy atom. The maximum absolute atomic E-state index is 6.08. The third kappa shape index (κ3) is 2.32. The molecular weight excluding hydrogens is 422 g/mol. The highest BCUT2D eigenvalue weighted by atomic mass is 32.1. The van der Waals surface area contributed by atoms with Gasteiger partial charge in [0.15, 0.2) is 0 Å². The summed E-state index contributed by atoms with van der Waals surface area (Å²) in [5.74, 6) is 0. The SMILES string of the molecule is c1ccc2c(c1)oc1ccc(-n3c4ccccc4c4cc5c(cc43)sc3ccccc35)cc12. The first-order valence-corrected chi connectivity index (χ1v) is 11.9. The number of furan rings is 1. The topological polar surface area (TPSA) is 18.1 Å². The summed E-state index contributed by atoms with van der Waals surface area (Å²) < 4.78 is 11.1. The molecule has 3 aromatic heterocycles. The van der Waals surface area contributed by atoms with Gasteiger partial charge in [-0.3, -0.25) is 0 Å². The molecule has 0 saturated carbocycles. The van der Waals surface area contributed by atoms with E-state index in [1.165, 1.54) is 42.0 Å². The molecule has 0 aliphatic rings. The van der Waals surface area contributed by atoms with Crippen LogP contribution in [0.1, 0.15) is 0 Å². The lowest BCUT2D eigenvalue weighted by Crippen LogP contribution is -1.93. The van der Waals surface area contributed by atoms with Crippen LogP contribution >= 0.6 is 11.3 Å². The van der Waals surface area contributed by atoms with Crippen LogP contribution in [0.4, 0.5) is 0 Å². The minimum Gasteiger partial charge on any atom is -0.456 e. The molecule has 33 heavy (non-hydrogen) atoms. The standard InChI is InChI=1S/C30H17NOS/c1-4-10-25-19(7-1)22-16-24-21-9-3-6-12-29(21)33-30(24)17-26(22)31(25)18-13-14-28-23(15-18)20-8-2-5-11-27(20)32-28/h1-17H. The van der Waals surface area contributed by atoms with Crippen molar-refractivity contribution >= 4 is 75.3 Å². The number of benzene rings is 5. The minimum absolute atomic E-state index is 0.924. The Hall–Kier alpha value is -4.08. The number of fused-ring (bicyclic) bond motifs is 9. The maximum atomic E-state index is 6.08. The van der Waals surface area contributed by atoms with Crippen LogP contribution in [0.5, 0.6) is 0 Å². The average molecular weight is 440 g/mol. The van der Waals surface area contributed by atoms with Gasteiger partial charge in [0, 0.05) is 47.4 Å². The summed E-state index contributed by atoms with van der Waals surface area (Å²) in [7, 11) is 0. The van der Waals surface area contributed by atoms with Gasteiger partial charge in [-0.25, -0.2) is 0 Å². The van der Waals surface area contributed by atoms with Gasteiger partial charge < -0.3 is 8.98 Å². The molecule has 8 rings (SSSR count). The number of hydrogen-bond donors (Lipinski definition) is 0. The zero-order chi connectivity index (χ0) is 21.5. The van der Waals surface area contributed by atoms with Crippen molar-refractivity contribution in [3.63, 3.8) is 0 Å². The van der Waals surface area contributed by atoms with E-state index in [-0.39, 0.29) is 0 Å². The summed E-state index contributed by atoms with van der Waals surface area (Å²) in [6.07, 6.45) is 0. The van der Waals surface area contributed by atoms with Gasteiger partial charge in [0.1, 0.15) is 11.2 Å². The highest BCUT2D eigenvalue weighted by molar-refractivity contribution is 7.25. The molecular formula is C30H17NOS. The fourth-order valence-electron chi connectivity index (χ4n) is 5.32. The normalized spacial score (nSPS) is 12.2. The van der Waals surface area contributed by atoms with Crippen molar-refractivity contribution in [1.29, 1.82) is 0 Å². The zero-order valence-electron chi connectivity index (χ0n) is 17.6. The number of para-hydroxylation sites is 2. The van der Waals surface area contributed by atoms with E-state index in [1.54, 1.807) is 0 Å². The predicted octanol–water partition coefficient (Wildman–Crippen LogP) is 9.05. The fraction of sp³-hybridized carbons (Fsp3) is 0. The van der Waals surface area contributed by atoms with Gasteiger partial charge in [-0.05, 0) is 48.5 Å². The predicted molar refractivity (Wildman–Crippen MR) is 141 cm³/mol. The largest absolute Gasteiger partial charge is 0.456 e. The fourth-order valence-corrected chi connectivity index (χ4v) is 6.44. The van der Waals surface area contributed by atoms with Gasteiger partial charge in [-0.1, -0.05) is 54.6 Å². The summed E-state index contributed by atoms with van der Waals surface area (Å²) in [6.45, 7) is 0. The van der Waals surface area contributed by atoms with E-state index in [9.17, 15) is 0 Å². The molecule has 0 radical (unpaired) electrons. The number of thiophene rings is 1. The maximum Gasteiger partial charge on any atom is 0.135 e. The third-order valence-electron chi connectivity index (χ3n) is 6.79. The number of aromatic nitrogens is 1. The first kappa shape index (κ1) is 17.5. The molecule has 8 aromatic rings. The second-order valence-electron chi connectivity index (χ2n) is 8.59. The van der Waals surface area contributed by atoms with Gasteiger partial charge in [-0.2, -0.15) is 0 Å². The molecule has 0 saturated heterocycles. The van der Waals surface area contributed by atoms with Crippen molar-refractivity contribution in [2.24, 2.45) is 0 Å². The summed E-state index contributed by atoms with van der Waals surface area (Å²) in [5.41, 5.74) is 5.47. The molecule has 0 unspecified atom stereocenters. The van der Waals surface area contributed by atoms with Gasteiger partial charge in [0.2, 0.25) is 0 Å². The molecule has 0 fully saturated rings. The Bertz CT molecular complexity index is 2040. The van der Waals surface area contributed by atoms with Crippen LogP contribution in [0.15, 0.2) is 108 Å². The van der Waals surface area contributed by atoms with Crippen molar-refractivity contribution in [3.8, 4) is 5.69 Å². The zero-order valence-corrected chi connectivity index (χ0v) is 18.4. The van der Waals surface area contributed by atoms with Crippen LogP contribution in [0.2, 0.25) is 0 Å². The van der Waals surface area contributed by atoms with Gasteiger partial charge in [0.05, 0.1) is 11.0 Å². The van der Waals surface area contributed by atoms with Gasteiger partial charge in [-0.15, -0.1) is 11.3 Å².